The van der Waals surface area contributed by atoms with Crippen molar-refractivity contribution in [3.63, 3.8) is 0 Å². The average Bonchev–Trinajstić information content (AvgIpc) is 2.68. The Bertz CT molecular complexity index is 1080. The van der Waals surface area contributed by atoms with Gasteiger partial charge in [0, 0.05) is 38.0 Å². The molecule has 0 bridgehead atoms. The zero-order chi connectivity index (χ0) is 19.0. The molecule has 0 fully saturated rings. The molecule has 1 aliphatic heterocycles. The second-order valence-corrected chi connectivity index (χ2v) is 7.20. The number of fused-ring (bicyclic) bond motifs is 1. The van der Waals surface area contributed by atoms with E-state index in [1.54, 1.807) is 17.7 Å². The Morgan fingerprint density at radius 3 is 2.48 bits per heavy atom. The molecular weight excluding hydrogens is 336 g/mol. The van der Waals surface area contributed by atoms with Crippen molar-refractivity contribution in [1.29, 1.82) is 0 Å². The minimum atomic E-state index is -0.000572. The highest BCUT2D eigenvalue weighted by Crippen LogP contribution is 2.24. The van der Waals surface area contributed by atoms with Crippen molar-refractivity contribution in [2.45, 2.75) is 19.9 Å². The van der Waals surface area contributed by atoms with Crippen LogP contribution in [0.1, 0.15) is 27.0 Å². The first-order chi connectivity index (χ1) is 13.0. The second kappa shape index (κ2) is 6.88. The molecule has 1 aliphatic rings. The SMILES string of the molecule is Cc1cccc(-c2cccc(C(=O)N3CCc4cc(=O)n(C)cc4C3)c2)c1. The van der Waals surface area contributed by atoms with Crippen LogP contribution in [0, 0.1) is 6.92 Å². The van der Waals surface area contributed by atoms with E-state index in [4.69, 9.17) is 0 Å². The number of nitrogens with zero attached hydrogens (tertiary/aromatic N) is 2. The molecule has 4 heteroatoms. The Morgan fingerprint density at radius 1 is 0.963 bits per heavy atom. The highest BCUT2D eigenvalue weighted by molar-refractivity contribution is 5.95. The number of aromatic nitrogens is 1. The zero-order valence-corrected chi connectivity index (χ0v) is 15.6. The molecule has 4 rings (SSSR count). The third-order valence-electron chi connectivity index (χ3n) is 5.17. The molecule has 2 aromatic carbocycles. The summed E-state index contributed by atoms with van der Waals surface area (Å²) >= 11 is 0. The van der Waals surface area contributed by atoms with Gasteiger partial charge < -0.3 is 9.47 Å². The number of carbonyl (C=O) groups is 1. The highest BCUT2D eigenvalue weighted by atomic mass is 16.2. The minimum Gasteiger partial charge on any atom is -0.334 e. The maximum atomic E-state index is 13.1. The number of hydrogen-bond donors (Lipinski definition) is 0. The van der Waals surface area contributed by atoms with Gasteiger partial charge in [-0.25, -0.2) is 0 Å². The molecule has 136 valence electrons. The van der Waals surface area contributed by atoms with Gasteiger partial charge in [0.05, 0.1) is 0 Å². The molecule has 0 radical (unpaired) electrons. The van der Waals surface area contributed by atoms with Crippen LogP contribution in [0.2, 0.25) is 0 Å². The number of rotatable bonds is 2. The van der Waals surface area contributed by atoms with Crippen molar-refractivity contribution < 1.29 is 4.79 Å². The topological polar surface area (TPSA) is 42.3 Å². The van der Waals surface area contributed by atoms with Crippen LogP contribution in [-0.2, 0) is 20.0 Å². The largest absolute Gasteiger partial charge is 0.334 e. The third-order valence-corrected chi connectivity index (χ3v) is 5.17. The van der Waals surface area contributed by atoms with Crippen LogP contribution in [0.15, 0.2) is 65.6 Å². The van der Waals surface area contributed by atoms with Crippen LogP contribution in [0.3, 0.4) is 0 Å². The lowest BCUT2D eigenvalue weighted by Gasteiger charge is -2.29. The number of amides is 1. The molecule has 0 saturated heterocycles. The fourth-order valence-electron chi connectivity index (χ4n) is 3.65. The third kappa shape index (κ3) is 3.43. The van der Waals surface area contributed by atoms with Gasteiger partial charge in [0.1, 0.15) is 0 Å². The summed E-state index contributed by atoms with van der Waals surface area (Å²) in [6.45, 7) is 3.24. The summed E-state index contributed by atoms with van der Waals surface area (Å²) in [7, 11) is 1.74. The standard InChI is InChI=1S/C23H22N2O2/c1-16-5-3-6-17(11-16)18-7-4-8-20(12-18)23(27)25-10-9-19-13-22(26)24(2)14-21(19)15-25/h3-8,11-14H,9-10,15H2,1-2H3. The molecule has 1 amide bonds. The van der Waals surface area contributed by atoms with Gasteiger partial charge in [-0.05, 0) is 47.7 Å². The molecule has 0 aliphatic carbocycles. The van der Waals surface area contributed by atoms with Gasteiger partial charge in [0.2, 0.25) is 0 Å². The summed E-state index contributed by atoms with van der Waals surface area (Å²) in [6, 6.07) is 17.8. The van der Waals surface area contributed by atoms with Crippen molar-refractivity contribution in [2.24, 2.45) is 7.05 Å². The molecule has 1 aromatic heterocycles. The van der Waals surface area contributed by atoms with E-state index >= 15 is 0 Å². The van der Waals surface area contributed by atoms with Crippen molar-refractivity contribution in [2.75, 3.05) is 6.54 Å². The molecule has 0 spiro atoms. The van der Waals surface area contributed by atoms with E-state index < -0.39 is 0 Å². The number of aryl methyl sites for hydroxylation is 2. The molecule has 2 heterocycles. The van der Waals surface area contributed by atoms with Crippen LogP contribution in [0.4, 0.5) is 0 Å². The smallest absolute Gasteiger partial charge is 0.254 e. The van der Waals surface area contributed by atoms with Crippen LogP contribution in [0.25, 0.3) is 11.1 Å². The van der Waals surface area contributed by atoms with E-state index in [-0.39, 0.29) is 11.5 Å². The van der Waals surface area contributed by atoms with Gasteiger partial charge in [0.15, 0.2) is 0 Å². The fraction of sp³-hybridized carbons (Fsp3) is 0.217. The normalized spacial score (nSPS) is 13.3. The maximum Gasteiger partial charge on any atom is 0.254 e. The fourth-order valence-corrected chi connectivity index (χ4v) is 3.65. The summed E-state index contributed by atoms with van der Waals surface area (Å²) in [5.74, 6) is 0.0315. The van der Waals surface area contributed by atoms with Crippen LogP contribution in [-0.4, -0.2) is 21.9 Å². The molecule has 0 unspecified atom stereocenters. The summed E-state index contributed by atoms with van der Waals surface area (Å²) < 4.78 is 1.57. The Morgan fingerprint density at radius 2 is 1.70 bits per heavy atom. The average molecular weight is 358 g/mol. The van der Waals surface area contributed by atoms with Gasteiger partial charge in [-0.1, -0.05) is 42.0 Å². The lowest BCUT2D eigenvalue weighted by molar-refractivity contribution is 0.0734. The lowest BCUT2D eigenvalue weighted by Crippen LogP contribution is -2.37. The van der Waals surface area contributed by atoms with E-state index in [9.17, 15) is 9.59 Å². The highest BCUT2D eigenvalue weighted by Gasteiger charge is 2.22. The van der Waals surface area contributed by atoms with Crippen molar-refractivity contribution in [3.8, 4) is 11.1 Å². The van der Waals surface area contributed by atoms with Gasteiger partial charge in [-0.2, -0.15) is 0 Å². The van der Waals surface area contributed by atoms with Gasteiger partial charge >= 0.3 is 0 Å². The van der Waals surface area contributed by atoms with Crippen LogP contribution < -0.4 is 5.56 Å². The monoisotopic (exact) mass is 358 g/mol. The Labute approximate surface area is 158 Å². The van der Waals surface area contributed by atoms with Crippen molar-refractivity contribution in [1.82, 2.24) is 9.47 Å². The van der Waals surface area contributed by atoms with Crippen LogP contribution >= 0.6 is 0 Å². The first-order valence-electron chi connectivity index (χ1n) is 9.16. The Balaban J connectivity index is 1.61. The number of hydrogen-bond acceptors (Lipinski definition) is 2. The predicted octanol–water partition coefficient (Wildman–Crippen LogP) is 3.56. The Hall–Kier alpha value is -3.14. The van der Waals surface area contributed by atoms with E-state index in [1.807, 2.05) is 41.4 Å². The van der Waals surface area contributed by atoms with Crippen LogP contribution in [0.5, 0.6) is 0 Å². The summed E-state index contributed by atoms with van der Waals surface area (Å²) in [6.07, 6.45) is 2.56. The van der Waals surface area contributed by atoms with E-state index in [0.717, 1.165) is 22.3 Å². The maximum absolute atomic E-state index is 13.1. The molecule has 3 aromatic rings. The zero-order valence-electron chi connectivity index (χ0n) is 15.6. The first kappa shape index (κ1) is 17.3. The van der Waals surface area contributed by atoms with Gasteiger partial charge in [0.25, 0.3) is 11.5 Å². The number of carbonyl (C=O) groups excluding carboxylic acids is 1. The summed E-state index contributed by atoms with van der Waals surface area (Å²) in [5, 5.41) is 0. The molecule has 4 nitrogen and oxygen atoms in total. The molecule has 0 saturated carbocycles. The molecule has 0 atom stereocenters. The number of pyridine rings is 1. The minimum absolute atomic E-state index is 0.000572. The van der Waals surface area contributed by atoms with Gasteiger partial charge in [-0.3, -0.25) is 9.59 Å². The number of benzene rings is 2. The van der Waals surface area contributed by atoms with E-state index in [0.29, 0.717) is 25.1 Å². The first-order valence-corrected chi connectivity index (χ1v) is 9.16. The van der Waals surface area contributed by atoms with E-state index in [2.05, 4.69) is 25.1 Å². The lowest BCUT2D eigenvalue weighted by atomic mass is 9.99. The quantitative estimate of drug-likeness (QED) is 0.703. The second-order valence-electron chi connectivity index (χ2n) is 7.20. The molecular formula is C23H22N2O2. The predicted molar refractivity (Wildman–Crippen MR) is 107 cm³/mol. The Kier molecular flexibility index (Phi) is 4.40. The van der Waals surface area contributed by atoms with E-state index in [1.165, 1.54) is 5.56 Å². The molecule has 27 heavy (non-hydrogen) atoms. The summed E-state index contributed by atoms with van der Waals surface area (Å²) in [5.41, 5.74) is 6.15. The molecule has 0 N–H and O–H groups in total. The van der Waals surface area contributed by atoms with Crippen molar-refractivity contribution >= 4 is 5.91 Å². The van der Waals surface area contributed by atoms with Crippen molar-refractivity contribution in [3.05, 3.63) is 93.4 Å². The summed E-state index contributed by atoms with van der Waals surface area (Å²) in [4.78, 5) is 26.7. The van der Waals surface area contributed by atoms with Gasteiger partial charge in [-0.15, -0.1) is 0 Å².